The van der Waals surface area contributed by atoms with E-state index in [2.05, 4.69) is 10.2 Å². The third kappa shape index (κ3) is 3.38. The van der Waals surface area contributed by atoms with Gasteiger partial charge in [-0.1, -0.05) is 12.1 Å². The van der Waals surface area contributed by atoms with Crippen LogP contribution in [-0.4, -0.2) is 37.7 Å². The van der Waals surface area contributed by atoms with Crippen LogP contribution in [-0.2, 0) is 6.54 Å². The summed E-state index contributed by atoms with van der Waals surface area (Å²) in [6.07, 6.45) is 5.11. The highest BCUT2D eigenvalue weighted by molar-refractivity contribution is 5.31. The Balaban J connectivity index is 1.64. The molecule has 0 bridgehead atoms. The summed E-state index contributed by atoms with van der Waals surface area (Å²) in [6.45, 7) is 3.99. The highest BCUT2D eigenvalue weighted by Gasteiger charge is 2.29. The number of nitrogens with one attached hydrogen (secondary N) is 1. The van der Waals surface area contributed by atoms with E-state index in [1.165, 1.54) is 32.8 Å². The van der Waals surface area contributed by atoms with Crippen LogP contribution >= 0.6 is 0 Å². The quantitative estimate of drug-likeness (QED) is 0.923. The van der Waals surface area contributed by atoms with Crippen molar-refractivity contribution in [1.82, 2.24) is 10.2 Å². The molecular formula is C17H25FN2O. The summed E-state index contributed by atoms with van der Waals surface area (Å²) in [5.74, 6) is 0.856. The van der Waals surface area contributed by atoms with E-state index >= 15 is 0 Å². The third-order valence-electron chi connectivity index (χ3n) is 4.87. The first-order valence-electron chi connectivity index (χ1n) is 8.05. The largest absolute Gasteiger partial charge is 0.494 e. The molecule has 1 aromatic rings. The summed E-state index contributed by atoms with van der Waals surface area (Å²) in [4.78, 5) is 2.39. The zero-order chi connectivity index (χ0) is 14.7. The molecule has 2 unspecified atom stereocenters. The van der Waals surface area contributed by atoms with E-state index < -0.39 is 0 Å². The molecule has 21 heavy (non-hydrogen) atoms. The Labute approximate surface area is 126 Å². The number of benzene rings is 1. The van der Waals surface area contributed by atoms with Crippen LogP contribution in [0, 0.1) is 11.7 Å². The molecule has 0 radical (unpaired) electrons. The van der Waals surface area contributed by atoms with Gasteiger partial charge in [0.2, 0.25) is 0 Å². The number of hydrogen-bond acceptors (Lipinski definition) is 3. The maximum Gasteiger partial charge on any atom is 0.169 e. The maximum atomic E-state index is 14.3. The van der Waals surface area contributed by atoms with Gasteiger partial charge in [0.25, 0.3) is 0 Å². The molecule has 2 saturated heterocycles. The lowest BCUT2D eigenvalue weighted by atomic mass is 9.89. The van der Waals surface area contributed by atoms with Crippen molar-refractivity contribution >= 4 is 0 Å². The van der Waals surface area contributed by atoms with Crippen LogP contribution in [0.5, 0.6) is 5.75 Å². The predicted octanol–water partition coefficient (Wildman–Crippen LogP) is 2.80. The van der Waals surface area contributed by atoms with Crippen molar-refractivity contribution in [3.8, 4) is 5.75 Å². The van der Waals surface area contributed by atoms with Crippen molar-refractivity contribution in [2.75, 3.05) is 26.7 Å². The summed E-state index contributed by atoms with van der Waals surface area (Å²) in [5.41, 5.74) is 0.745. The lowest BCUT2D eigenvalue weighted by Gasteiger charge is -2.36. The molecule has 1 N–H and O–H groups in total. The maximum absolute atomic E-state index is 14.3. The second-order valence-corrected chi connectivity index (χ2v) is 6.27. The van der Waals surface area contributed by atoms with Crippen LogP contribution in [0.3, 0.4) is 0 Å². The molecule has 0 saturated carbocycles. The minimum atomic E-state index is -0.207. The van der Waals surface area contributed by atoms with E-state index in [-0.39, 0.29) is 5.82 Å². The van der Waals surface area contributed by atoms with Crippen LogP contribution < -0.4 is 10.1 Å². The van der Waals surface area contributed by atoms with Gasteiger partial charge in [-0.05, 0) is 50.8 Å². The van der Waals surface area contributed by atoms with Crippen LogP contribution in [0.4, 0.5) is 4.39 Å². The number of rotatable bonds is 4. The smallest absolute Gasteiger partial charge is 0.169 e. The van der Waals surface area contributed by atoms with Crippen molar-refractivity contribution in [2.24, 2.45) is 5.92 Å². The first-order valence-corrected chi connectivity index (χ1v) is 8.05. The van der Waals surface area contributed by atoms with E-state index in [1.54, 1.807) is 6.07 Å². The summed E-state index contributed by atoms with van der Waals surface area (Å²) in [7, 11) is 1.52. The standard InChI is InChI=1S/C17H25FN2O/c1-21-16-8-2-5-14(17(16)18)12-20-10-4-6-13(11-20)15-7-3-9-19-15/h2,5,8,13,15,19H,3-4,6-7,9-12H2,1H3. The Morgan fingerprint density at radius 2 is 2.24 bits per heavy atom. The van der Waals surface area contributed by atoms with Gasteiger partial charge in [-0.25, -0.2) is 4.39 Å². The number of likely N-dealkylation sites (tertiary alicyclic amines) is 1. The molecular weight excluding hydrogens is 267 g/mol. The van der Waals surface area contributed by atoms with Crippen molar-refractivity contribution in [1.29, 1.82) is 0 Å². The summed E-state index contributed by atoms with van der Waals surface area (Å²) in [5, 5.41) is 3.62. The Kier molecular flexibility index (Phi) is 4.76. The average molecular weight is 292 g/mol. The molecule has 2 aliphatic rings. The SMILES string of the molecule is COc1cccc(CN2CCCC(C3CCCN3)C2)c1F. The van der Waals surface area contributed by atoms with Crippen molar-refractivity contribution in [3.63, 3.8) is 0 Å². The number of halogens is 1. The highest BCUT2D eigenvalue weighted by atomic mass is 19.1. The fourth-order valence-electron chi connectivity index (χ4n) is 3.75. The van der Waals surface area contributed by atoms with Gasteiger partial charge in [-0.3, -0.25) is 4.90 Å². The molecule has 3 rings (SSSR count). The molecule has 4 heteroatoms. The molecule has 2 aliphatic heterocycles. The number of methoxy groups -OCH3 is 1. The fraction of sp³-hybridized carbons (Fsp3) is 0.647. The summed E-state index contributed by atoms with van der Waals surface area (Å²) in [6, 6.07) is 6.09. The monoisotopic (exact) mass is 292 g/mol. The van der Waals surface area contributed by atoms with Gasteiger partial charge in [0.15, 0.2) is 11.6 Å². The van der Waals surface area contributed by atoms with Gasteiger partial charge in [-0.15, -0.1) is 0 Å². The second-order valence-electron chi connectivity index (χ2n) is 6.27. The molecule has 116 valence electrons. The van der Waals surface area contributed by atoms with Gasteiger partial charge >= 0.3 is 0 Å². The third-order valence-corrected chi connectivity index (χ3v) is 4.87. The van der Waals surface area contributed by atoms with Crippen molar-refractivity contribution in [2.45, 2.75) is 38.3 Å². The van der Waals surface area contributed by atoms with E-state index in [0.29, 0.717) is 18.3 Å². The molecule has 3 nitrogen and oxygen atoms in total. The van der Waals surface area contributed by atoms with Crippen LogP contribution in [0.1, 0.15) is 31.2 Å². The van der Waals surface area contributed by atoms with Gasteiger partial charge in [-0.2, -0.15) is 0 Å². The molecule has 0 aliphatic carbocycles. The number of nitrogens with zero attached hydrogens (tertiary/aromatic N) is 1. The summed E-state index contributed by atoms with van der Waals surface area (Å²) < 4.78 is 19.3. The Morgan fingerprint density at radius 3 is 3.00 bits per heavy atom. The van der Waals surface area contributed by atoms with Crippen LogP contribution in [0.2, 0.25) is 0 Å². The molecule has 2 atom stereocenters. The molecule has 2 fully saturated rings. The highest BCUT2D eigenvalue weighted by Crippen LogP contribution is 2.27. The predicted molar refractivity (Wildman–Crippen MR) is 82.0 cm³/mol. The van der Waals surface area contributed by atoms with Crippen LogP contribution in [0.25, 0.3) is 0 Å². The second kappa shape index (κ2) is 6.75. The topological polar surface area (TPSA) is 24.5 Å². The Bertz CT molecular complexity index is 474. The van der Waals surface area contributed by atoms with E-state index in [4.69, 9.17) is 4.74 Å². The van der Waals surface area contributed by atoms with Crippen LogP contribution in [0.15, 0.2) is 18.2 Å². The Morgan fingerprint density at radius 1 is 1.33 bits per heavy atom. The van der Waals surface area contributed by atoms with E-state index in [1.807, 2.05) is 12.1 Å². The normalized spacial score (nSPS) is 27.0. The number of piperidine rings is 1. The number of ether oxygens (including phenoxy) is 1. The average Bonchev–Trinajstić information content (AvgIpc) is 3.04. The molecule has 0 aromatic heterocycles. The zero-order valence-electron chi connectivity index (χ0n) is 12.8. The Hall–Kier alpha value is -1.13. The molecule has 0 amide bonds. The lowest BCUT2D eigenvalue weighted by molar-refractivity contribution is 0.144. The minimum absolute atomic E-state index is 0.207. The minimum Gasteiger partial charge on any atom is -0.494 e. The summed E-state index contributed by atoms with van der Waals surface area (Å²) >= 11 is 0. The van der Waals surface area contributed by atoms with Gasteiger partial charge < -0.3 is 10.1 Å². The lowest BCUT2D eigenvalue weighted by Crippen LogP contribution is -2.43. The van der Waals surface area contributed by atoms with E-state index in [9.17, 15) is 4.39 Å². The first-order chi connectivity index (χ1) is 10.3. The van der Waals surface area contributed by atoms with Crippen molar-refractivity contribution in [3.05, 3.63) is 29.6 Å². The van der Waals surface area contributed by atoms with Gasteiger partial charge in [0.05, 0.1) is 7.11 Å². The number of hydrogen-bond donors (Lipinski definition) is 1. The first kappa shape index (κ1) is 14.8. The van der Waals surface area contributed by atoms with Gasteiger partial charge in [0, 0.05) is 24.7 Å². The fourth-order valence-corrected chi connectivity index (χ4v) is 3.75. The zero-order valence-corrected chi connectivity index (χ0v) is 12.8. The van der Waals surface area contributed by atoms with Gasteiger partial charge in [0.1, 0.15) is 0 Å². The van der Waals surface area contributed by atoms with Crippen molar-refractivity contribution < 1.29 is 9.13 Å². The molecule has 0 spiro atoms. The molecule has 1 aromatic carbocycles. The van der Waals surface area contributed by atoms with E-state index in [0.717, 1.165) is 31.1 Å². The molecule has 2 heterocycles.